The predicted octanol–water partition coefficient (Wildman–Crippen LogP) is 1.90. The summed E-state index contributed by atoms with van der Waals surface area (Å²) in [7, 11) is 0. The van der Waals surface area contributed by atoms with Crippen LogP contribution in [0.4, 0.5) is 13.2 Å². The average molecular weight is 582 g/mol. The molecule has 1 fully saturated rings. The summed E-state index contributed by atoms with van der Waals surface area (Å²) >= 11 is 0. The molecular formula is C30H35F3N3NaO4. The molecule has 1 aliphatic carbocycles. The van der Waals surface area contributed by atoms with Gasteiger partial charge in [0.15, 0.2) is 0 Å². The van der Waals surface area contributed by atoms with Crippen LogP contribution in [-0.4, -0.2) is 40.6 Å². The smallest absolute Gasteiger partial charge is 0.550 e. The van der Waals surface area contributed by atoms with Crippen LogP contribution in [0, 0.1) is 5.92 Å². The second kappa shape index (κ2) is 14.0. The number of carboxylic acids is 1. The first-order valence-corrected chi connectivity index (χ1v) is 13.1. The summed E-state index contributed by atoms with van der Waals surface area (Å²) in [5, 5.41) is 13.1. The summed E-state index contributed by atoms with van der Waals surface area (Å²) in [6, 6.07) is 11.0. The molecule has 216 valence electrons. The van der Waals surface area contributed by atoms with Crippen molar-refractivity contribution in [2.75, 3.05) is 6.54 Å². The summed E-state index contributed by atoms with van der Waals surface area (Å²) in [6.45, 7) is 4.06. The third kappa shape index (κ3) is 7.59. The number of carbonyl (C=O) groups excluding carboxylic acids is 3. The Morgan fingerprint density at radius 1 is 1.10 bits per heavy atom. The minimum Gasteiger partial charge on any atom is -0.550 e. The number of hydrogen-bond acceptors (Lipinski definition) is 5. The van der Waals surface area contributed by atoms with E-state index >= 15 is 0 Å². The van der Waals surface area contributed by atoms with Gasteiger partial charge in [0.2, 0.25) is 0 Å². The first-order valence-electron chi connectivity index (χ1n) is 13.1. The number of rotatable bonds is 8. The van der Waals surface area contributed by atoms with Gasteiger partial charge >= 0.3 is 35.7 Å². The predicted molar refractivity (Wildman–Crippen MR) is 143 cm³/mol. The van der Waals surface area contributed by atoms with Crippen molar-refractivity contribution in [2.24, 2.45) is 10.9 Å². The van der Waals surface area contributed by atoms with Gasteiger partial charge in [-0.1, -0.05) is 45.5 Å². The van der Waals surface area contributed by atoms with Crippen molar-refractivity contribution in [1.82, 2.24) is 10.2 Å². The van der Waals surface area contributed by atoms with Crippen LogP contribution in [0.3, 0.4) is 0 Å². The Hall–Kier alpha value is -2.69. The van der Waals surface area contributed by atoms with Crippen molar-refractivity contribution in [3.05, 3.63) is 70.8 Å². The number of nitrogens with zero attached hydrogens (tertiary/aromatic N) is 2. The van der Waals surface area contributed by atoms with Crippen LogP contribution in [0.5, 0.6) is 0 Å². The van der Waals surface area contributed by atoms with Crippen molar-refractivity contribution in [3.63, 3.8) is 0 Å². The molecule has 2 aliphatic rings. The fourth-order valence-corrected chi connectivity index (χ4v) is 5.43. The van der Waals surface area contributed by atoms with Crippen molar-refractivity contribution in [1.29, 1.82) is 0 Å². The third-order valence-corrected chi connectivity index (χ3v) is 7.62. The number of carboxylic acid groups (broad SMARTS) is 1. The largest absolute Gasteiger partial charge is 1.00 e. The van der Waals surface area contributed by atoms with Crippen LogP contribution < -0.4 is 40.0 Å². The standard InChI is InChI=1S/C29H32F3N3O4.CH4.Na/c1-3-23(19-4-6-21(7-5-19)26(38)33-17-14-24(36)37)35-27(39)25(34-28(35)15-12-18(2)13-16-28)20-8-10-22(11-9-20)29(30,31)32;;/h4-11,18,23H,3,12-17H2,1-2H3,(H,33,38)(H,36,37);1H4;/q;;+1/p-1/t18?,23-,28?;;/m1../s1. The van der Waals surface area contributed by atoms with Crippen molar-refractivity contribution >= 4 is 23.5 Å². The molecule has 1 spiro atoms. The maximum absolute atomic E-state index is 13.9. The van der Waals surface area contributed by atoms with Gasteiger partial charge in [-0.05, 0) is 67.9 Å². The molecule has 41 heavy (non-hydrogen) atoms. The van der Waals surface area contributed by atoms with E-state index in [1.807, 2.05) is 6.92 Å². The molecule has 1 aliphatic heterocycles. The van der Waals surface area contributed by atoms with Crippen LogP contribution in [0.2, 0.25) is 0 Å². The van der Waals surface area contributed by atoms with E-state index in [-0.39, 0.29) is 67.6 Å². The van der Waals surface area contributed by atoms with E-state index in [0.717, 1.165) is 30.5 Å². The fraction of sp³-hybridized carbons (Fsp3) is 0.467. The molecule has 7 nitrogen and oxygen atoms in total. The maximum Gasteiger partial charge on any atom is 1.00 e. The van der Waals surface area contributed by atoms with E-state index in [9.17, 15) is 32.7 Å². The van der Waals surface area contributed by atoms with Crippen molar-refractivity contribution in [2.45, 2.75) is 77.7 Å². The Balaban J connectivity index is 0.00000294. The van der Waals surface area contributed by atoms with E-state index in [4.69, 9.17) is 4.99 Å². The van der Waals surface area contributed by atoms with E-state index < -0.39 is 29.3 Å². The number of aliphatic imine (C=N–C) groups is 1. The maximum atomic E-state index is 13.9. The number of nitrogens with one attached hydrogen (secondary N) is 1. The van der Waals surface area contributed by atoms with E-state index in [0.29, 0.717) is 36.3 Å². The number of carbonyl (C=O) groups is 3. The van der Waals surface area contributed by atoms with Gasteiger partial charge in [0, 0.05) is 30.1 Å². The molecule has 0 unspecified atom stereocenters. The summed E-state index contributed by atoms with van der Waals surface area (Å²) < 4.78 is 39.3. The molecule has 0 aromatic heterocycles. The fourth-order valence-electron chi connectivity index (χ4n) is 5.43. The minimum absolute atomic E-state index is 0. The van der Waals surface area contributed by atoms with E-state index in [2.05, 4.69) is 12.2 Å². The van der Waals surface area contributed by atoms with Crippen LogP contribution in [0.25, 0.3) is 0 Å². The summed E-state index contributed by atoms with van der Waals surface area (Å²) in [6.07, 6.45) is -1.16. The van der Waals surface area contributed by atoms with Gasteiger partial charge in [-0.15, -0.1) is 0 Å². The van der Waals surface area contributed by atoms with Gasteiger partial charge in [-0.2, -0.15) is 13.2 Å². The molecule has 11 heteroatoms. The molecule has 2 amide bonds. The molecule has 0 saturated heterocycles. The van der Waals surface area contributed by atoms with Gasteiger partial charge in [-0.25, -0.2) is 0 Å². The van der Waals surface area contributed by atoms with Crippen LogP contribution in [0.15, 0.2) is 53.5 Å². The number of amides is 2. The molecular weight excluding hydrogens is 546 g/mol. The molecule has 1 N–H and O–H groups in total. The molecule has 1 saturated carbocycles. The Labute approximate surface area is 260 Å². The molecule has 1 heterocycles. The number of hydrogen-bond donors (Lipinski definition) is 1. The molecule has 0 radical (unpaired) electrons. The zero-order valence-corrected chi connectivity index (χ0v) is 24.9. The molecule has 4 rings (SSSR count). The zero-order valence-electron chi connectivity index (χ0n) is 22.9. The Bertz CT molecular complexity index is 1260. The summed E-state index contributed by atoms with van der Waals surface area (Å²) in [4.78, 5) is 43.6. The Morgan fingerprint density at radius 3 is 2.20 bits per heavy atom. The van der Waals surface area contributed by atoms with Crippen molar-refractivity contribution < 1.29 is 62.2 Å². The molecule has 0 bridgehead atoms. The Morgan fingerprint density at radius 2 is 1.68 bits per heavy atom. The van der Waals surface area contributed by atoms with Gasteiger partial charge in [0.25, 0.3) is 11.8 Å². The summed E-state index contributed by atoms with van der Waals surface area (Å²) in [5.74, 6) is -1.51. The first-order chi connectivity index (χ1) is 18.4. The van der Waals surface area contributed by atoms with Crippen LogP contribution in [-0.2, 0) is 15.8 Å². The van der Waals surface area contributed by atoms with Gasteiger partial charge in [0.1, 0.15) is 11.4 Å². The van der Waals surface area contributed by atoms with E-state index in [1.54, 1.807) is 29.2 Å². The summed E-state index contributed by atoms with van der Waals surface area (Å²) in [5.41, 5.74) is 0.100. The average Bonchev–Trinajstić information content (AvgIpc) is 3.18. The molecule has 1 atom stereocenters. The number of aliphatic carboxylic acids is 1. The van der Waals surface area contributed by atoms with Gasteiger partial charge in [-0.3, -0.25) is 14.6 Å². The minimum atomic E-state index is -4.48. The first kappa shape index (κ1) is 34.5. The second-order valence-corrected chi connectivity index (χ2v) is 10.3. The number of benzene rings is 2. The number of halogens is 3. The Kier molecular flexibility index (Phi) is 11.8. The van der Waals surface area contributed by atoms with Crippen molar-refractivity contribution in [3.8, 4) is 0 Å². The van der Waals surface area contributed by atoms with Crippen LogP contribution in [0.1, 0.15) is 92.9 Å². The van der Waals surface area contributed by atoms with Crippen LogP contribution >= 0.6 is 0 Å². The van der Waals surface area contributed by atoms with Gasteiger partial charge < -0.3 is 20.1 Å². The monoisotopic (exact) mass is 581 g/mol. The number of alkyl halides is 3. The SMILES string of the molecule is C.CC[C@H](c1ccc(C(=O)NCCC(=O)[O-])cc1)N1C(=O)C(c2ccc(C(F)(F)F)cc2)=NC12CCC(C)CC2.[Na+]. The quantitative estimate of drug-likeness (QED) is 0.482. The molecule has 2 aromatic carbocycles. The normalized spacial score (nSPS) is 21.0. The van der Waals surface area contributed by atoms with Gasteiger partial charge in [0.05, 0.1) is 11.6 Å². The third-order valence-electron chi connectivity index (χ3n) is 7.62. The van der Waals surface area contributed by atoms with E-state index in [1.165, 1.54) is 12.1 Å². The topological polar surface area (TPSA) is 102 Å². The zero-order chi connectivity index (χ0) is 28.4. The second-order valence-electron chi connectivity index (χ2n) is 10.3. The molecule has 2 aromatic rings.